The summed E-state index contributed by atoms with van der Waals surface area (Å²) in [6, 6.07) is 5.63. The lowest BCUT2D eigenvalue weighted by Gasteiger charge is -2.31. The Morgan fingerprint density at radius 1 is 1.38 bits per heavy atom. The smallest absolute Gasteiger partial charge is 0.385 e. The third-order valence-electron chi connectivity index (χ3n) is 5.85. The first-order valence-electron chi connectivity index (χ1n) is 10.3. The summed E-state index contributed by atoms with van der Waals surface area (Å²) in [5, 5.41) is 22.2. The summed E-state index contributed by atoms with van der Waals surface area (Å²) in [6.07, 6.45) is -2.02. The van der Waals surface area contributed by atoms with Crippen LogP contribution in [0.3, 0.4) is 0 Å². The Morgan fingerprint density at radius 2 is 2.18 bits per heavy atom. The number of hydrogen-bond acceptors (Lipinski definition) is 10. The van der Waals surface area contributed by atoms with Gasteiger partial charge >= 0.3 is 7.82 Å². The maximum Gasteiger partial charge on any atom is 0.477 e. The van der Waals surface area contributed by atoms with Crippen LogP contribution in [0, 0.1) is 5.82 Å². The fraction of sp³-hybridized carbons (Fsp3) is 0.400. The van der Waals surface area contributed by atoms with Crippen LogP contribution in [0.1, 0.15) is 31.2 Å². The molecule has 2 aliphatic rings. The number of phosphoric ester groups is 1. The average Bonchev–Trinajstić information content (AvgIpc) is 3.30. The van der Waals surface area contributed by atoms with Gasteiger partial charge in [-0.05, 0) is 30.7 Å². The van der Waals surface area contributed by atoms with Crippen molar-refractivity contribution in [2.24, 2.45) is 0 Å². The molecule has 2 unspecified atom stereocenters. The van der Waals surface area contributed by atoms with Crippen molar-refractivity contribution in [2.75, 3.05) is 12.3 Å². The SMILES string of the molecule is C[C@@]1(O)[C@H](O)C(OP2(=O)OCC[C@H](c3ccc(F)c(Cl)c3)O2)O[C@H]1n1ccc2c(N)ncnc21. The number of benzene rings is 1. The second-order valence-corrected chi connectivity index (χ2v) is 10.2. The molecule has 182 valence electrons. The zero-order chi connectivity index (χ0) is 24.3. The normalized spacial score (nSPS) is 34.0. The first kappa shape index (κ1) is 23.6. The van der Waals surface area contributed by atoms with E-state index in [4.69, 9.17) is 35.6 Å². The van der Waals surface area contributed by atoms with E-state index in [-0.39, 0.29) is 17.4 Å². The molecule has 5 rings (SSSR count). The molecule has 14 heteroatoms. The van der Waals surface area contributed by atoms with Gasteiger partial charge in [0.2, 0.25) is 6.29 Å². The van der Waals surface area contributed by atoms with Crippen LogP contribution >= 0.6 is 19.4 Å². The highest BCUT2D eigenvalue weighted by atomic mass is 35.5. The number of halogens is 2. The number of fused-ring (bicyclic) bond motifs is 1. The van der Waals surface area contributed by atoms with Crippen LogP contribution in [0.15, 0.2) is 36.8 Å². The number of nitrogens with two attached hydrogens (primary N) is 1. The number of rotatable bonds is 4. The number of nitrogens with zero attached hydrogens (tertiary/aromatic N) is 3. The van der Waals surface area contributed by atoms with Crippen molar-refractivity contribution in [1.82, 2.24) is 14.5 Å². The maximum absolute atomic E-state index is 13.5. The van der Waals surface area contributed by atoms with Crippen LogP contribution in [0.4, 0.5) is 10.2 Å². The van der Waals surface area contributed by atoms with Crippen molar-refractivity contribution < 1.29 is 37.5 Å². The number of ether oxygens (including phenoxy) is 1. The lowest BCUT2D eigenvalue weighted by atomic mass is 9.99. The molecule has 0 amide bonds. The average molecular weight is 515 g/mol. The van der Waals surface area contributed by atoms with E-state index in [2.05, 4.69) is 9.97 Å². The molecule has 2 aliphatic heterocycles. The molecule has 2 saturated heterocycles. The zero-order valence-electron chi connectivity index (χ0n) is 17.7. The van der Waals surface area contributed by atoms with Gasteiger partial charge in [0.15, 0.2) is 6.23 Å². The summed E-state index contributed by atoms with van der Waals surface area (Å²) in [5.74, 6) is -0.368. The minimum absolute atomic E-state index is 0.00197. The van der Waals surface area contributed by atoms with Gasteiger partial charge in [0.25, 0.3) is 0 Å². The van der Waals surface area contributed by atoms with Crippen LogP contribution in [-0.2, 0) is 22.9 Å². The molecule has 4 heterocycles. The maximum atomic E-state index is 13.5. The Hall–Kier alpha value is -2.15. The van der Waals surface area contributed by atoms with Gasteiger partial charge in [-0.25, -0.2) is 18.9 Å². The number of aliphatic hydroxyl groups is 2. The lowest BCUT2D eigenvalue weighted by Crippen LogP contribution is -2.44. The molecule has 4 N–H and O–H groups in total. The van der Waals surface area contributed by atoms with Gasteiger partial charge in [-0.3, -0.25) is 13.6 Å². The Labute approximate surface area is 197 Å². The third-order valence-corrected chi connectivity index (χ3v) is 7.61. The van der Waals surface area contributed by atoms with Crippen molar-refractivity contribution >= 4 is 36.3 Å². The van der Waals surface area contributed by atoms with E-state index in [1.807, 2.05) is 0 Å². The first-order valence-corrected chi connectivity index (χ1v) is 12.1. The largest absolute Gasteiger partial charge is 0.477 e. The van der Waals surface area contributed by atoms with Crippen molar-refractivity contribution in [3.05, 3.63) is 53.2 Å². The van der Waals surface area contributed by atoms with E-state index in [9.17, 15) is 19.2 Å². The molecule has 11 nitrogen and oxygen atoms in total. The van der Waals surface area contributed by atoms with E-state index in [1.165, 1.54) is 36.0 Å². The molecule has 0 saturated carbocycles. The summed E-state index contributed by atoms with van der Waals surface area (Å²) in [6.45, 7) is 1.34. The predicted octanol–water partition coefficient (Wildman–Crippen LogP) is 3.08. The fourth-order valence-electron chi connectivity index (χ4n) is 4.00. The van der Waals surface area contributed by atoms with Gasteiger partial charge in [0.1, 0.15) is 35.3 Å². The molecule has 6 atom stereocenters. The summed E-state index contributed by atoms with van der Waals surface area (Å²) in [4.78, 5) is 8.08. The van der Waals surface area contributed by atoms with Crippen molar-refractivity contribution in [2.45, 2.75) is 43.7 Å². The van der Waals surface area contributed by atoms with E-state index >= 15 is 0 Å². The standard InChI is InChI=1S/C20H21ClFN4O7P/c1-20(28)15(27)18(31-19(20)26-6-4-11-16(23)24-9-25-17(11)26)33-34(29)30-7-5-14(32-34)10-2-3-13(22)12(21)8-10/h2-4,6,8-9,14-15,18-19,27-28H,5,7H2,1H3,(H2,23,24,25)/t14-,15-,18?,19-,20-,34?/m1/s1. The summed E-state index contributed by atoms with van der Waals surface area (Å²) < 4.78 is 50.2. The van der Waals surface area contributed by atoms with E-state index in [0.717, 1.165) is 0 Å². The number of aromatic nitrogens is 3. The second-order valence-electron chi connectivity index (χ2n) is 8.19. The Morgan fingerprint density at radius 3 is 2.94 bits per heavy atom. The summed E-state index contributed by atoms with van der Waals surface area (Å²) in [7, 11) is -4.25. The molecule has 0 bridgehead atoms. The lowest BCUT2D eigenvalue weighted by molar-refractivity contribution is -0.145. The van der Waals surface area contributed by atoms with Crippen LogP contribution in [0.5, 0.6) is 0 Å². The topological polar surface area (TPSA) is 151 Å². The van der Waals surface area contributed by atoms with Crippen LogP contribution < -0.4 is 5.73 Å². The molecule has 1 aromatic carbocycles. The predicted molar refractivity (Wildman–Crippen MR) is 117 cm³/mol. The first-order chi connectivity index (χ1) is 16.1. The third kappa shape index (κ3) is 4.00. The van der Waals surface area contributed by atoms with Crippen LogP contribution in [0.2, 0.25) is 5.02 Å². The van der Waals surface area contributed by atoms with E-state index < -0.39 is 44.0 Å². The molecule has 0 aliphatic carbocycles. The number of aliphatic hydroxyl groups excluding tert-OH is 1. The van der Waals surface area contributed by atoms with E-state index in [1.54, 1.807) is 12.3 Å². The number of anilines is 1. The second kappa shape index (κ2) is 8.51. The van der Waals surface area contributed by atoms with Crippen molar-refractivity contribution in [3.63, 3.8) is 0 Å². The van der Waals surface area contributed by atoms with Crippen molar-refractivity contribution in [3.8, 4) is 0 Å². The van der Waals surface area contributed by atoms with Crippen LogP contribution in [0.25, 0.3) is 11.0 Å². The van der Waals surface area contributed by atoms with Gasteiger partial charge in [-0.1, -0.05) is 17.7 Å². The molecular weight excluding hydrogens is 494 g/mol. The van der Waals surface area contributed by atoms with E-state index in [0.29, 0.717) is 23.0 Å². The Bertz CT molecular complexity index is 1290. The molecule has 3 aromatic rings. The van der Waals surface area contributed by atoms with Gasteiger partial charge in [-0.2, -0.15) is 0 Å². The minimum atomic E-state index is -4.25. The summed E-state index contributed by atoms with van der Waals surface area (Å²) >= 11 is 5.85. The highest BCUT2D eigenvalue weighted by Crippen LogP contribution is 2.59. The zero-order valence-corrected chi connectivity index (χ0v) is 19.4. The Kier molecular flexibility index (Phi) is 5.90. The van der Waals surface area contributed by atoms with Crippen molar-refractivity contribution in [1.29, 1.82) is 0 Å². The highest BCUT2D eigenvalue weighted by Gasteiger charge is 2.56. The molecule has 0 radical (unpaired) electrons. The number of phosphoric acid groups is 1. The van der Waals surface area contributed by atoms with Gasteiger partial charge in [0.05, 0.1) is 23.1 Å². The molecule has 2 aromatic heterocycles. The molecule has 34 heavy (non-hydrogen) atoms. The van der Waals surface area contributed by atoms with Gasteiger partial charge in [-0.15, -0.1) is 0 Å². The Balaban J connectivity index is 1.38. The number of hydrogen-bond donors (Lipinski definition) is 3. The quantitative estimate of drug-likeness (QED) is 0.443. The number of nitrogen functional groups attached to an aromatic ring is 1. The minimum Gasteiger partial charge on any atom is -0.385 e. The van der Waals surface area contributed by atoms with Crippen LogP contribution in [-0.4, -0.2) is 49.4 Å². The summed E-state index contributed by atoms with van der Waals surface area (Å²) in [5.41, 5.74) is 4.83. The van der Waals surface area contributed by atoms with Gasteiger partial charge < -0.3 is 25.3 Å². The highest BCUT2D eigenvalue weighted by molar-refractivity contribution is 7.48. The molecule has 2 fully saturated rings. The van der Waals surface area contributed by atoms with Gasteiger partial charge in [0, 0.05) is 12.6 Å². The molecule has 0 spiro atoms. The monoisotopic (exact) mass is 514 g/mol. The fourth-order valence-corrected chi connectivity index (χ4v) is 5.65. The molecular formula is C20H21ClFN4O7P.